The quantitative estimate of drug-likeness (QED) is 0.474. The van der Waals surface area contributed by atoms with E-state index in [1.807, 2.05) is 6.08 Å². The minimum Gasteiger partial charge on any atom is -0.387 e. The first kappa shape index (κ1) is 20.8. The fourth-order valence-corrected chi connectivity index (χ4v) is 8.38. The molecular weight excluding hydrogens is 396 g/mol. The van der Waals surface area contributed by atoms with Crippen molar-refractivity contribution < 1.29 is 29.9 Å². The van der Waals surface area contributed by atoms with Crippen LogP contribution in [0.2, 0.25) is 0 Å². The fraction of sp³-hybridized carbons (Fsp3) is 0.840. The zero-order valence-corrected chi connectivity index (χ0v) is 19.0. The van der Waals surface area contributed by atoms with E-state index in [0.717, 1.165) is 25.7 Å². The number of aliphatic hydroxyl groups is 4. The zero-order chi connectivity index (χ0) is 22.1. The van der Waals surface area contributed by atoms with Crippen molar-refractivity contribution in [3.8, 4) is 0 Å². The molecule has 6 nitrogen and oxygen atoms in total. The van der Waals surface area contributed by atoms with Crippen LogP contribution in [0.5, 0.6) is 0 Å². The first-order valence-electron chi connectivity index (χ1n) is 12.0. The summed E-state index contributed by atoms with van der Waals surface area (Å²) in [5, 5.41) is 45.1. The van der Waals surface area contributed by atoms with Crippen molar-refractivity contribution in [2.24, 2.45) is 28.6 Å². The summed E-state index contributed by atoms with van der Waals surface area (Å²) in [6.45, 7) is 8.97. The van der Waals surface area contributed by atoms with Crippen LogP contribution in [0.3, 0.4) is 0 Å². The Morgan fingerprint density at radius 1 is 1.10 bits per heavy atom. The van der Waals surface area contributed by atoms with Crippen molar-refractivity contribution in [2.45, 2.75) is 95.6 Å². The number of allylic oxidation sites excluding steroid dienone is 3. The molecule has 0 aromatic heterocycles. The molecule has 31 heavy (non-hydrogen) atoms. The normalized spacial score (nSPS) is 57.5. The minimum atomic E-state index is -1.92. The molecule has 0 radical (unpaired) electrons. The molecule has 4 aliphatic carbocycles. The largest absolute Gasteiger partial charge is 0.387 e. The van der Waals surface area contributed by atoms with Crippen molar-refractivity contribution in [1.82, 2.24) is 0 Å². The summed E-state index contributed by atoms with van der Waals surface area (Å²) in [5.41, 5.74) is -0.00377. The molecule has 2 saturated heterocycles. The van der Waals surface area contributed by atoms with Crippen LogP contribution >= 0.6 is 0 Å². The van der Waals surface area contributed by atoms with Gasteiger partial charge in [0, 0.05) is 11.3 Å². The van der Waals surface area contributed by atoms with Crippen LogP contribution in [0.25, 0.3) is 0 Å². The van der Waals surface area contributed by atoms with E-state index in [-0.39, 0.29) is 29.5 Å². The van der Waals surface area contributed by atoms with Gasteiger partial charge in [-0.05, 0) is 54.9 Å². The van der Waals surface area contributed by atoms with Gasteiger partial charge >= 0.3 is 0 Å². The van der Waals surface area contributed by atoms with Crippen LogP contribution in [-0.4, -0.2) is 62.8 Å². The van der Waals surface area contributed by atoms with E-state index < -0.39 is 35.6 Å². The van der Waals surface area contributed by atoms with Gasteiger partial charge in [0.15, 0.2) is 11.9 Å². The lowest BCUT2D eigenvalue weighted by Crippen LogP contribution is -2.77. The molecule has 0 aromatic rings. The van der Waals surface area contributed by atoms with E-state index in [0.29, 0.717) is 11.5 Å². The van der Waals surface area contributed by atoms with E-state index in [1.165, 1.54) is 6.42 Å². The smallest absolute Gasteiger partial charge is 0.190 e. The minimum absolute atomic E-state index is 0.193. The van der Waals surface area contributed by atoms with Crippen LogP contribution in [-0.2, 0) is 9.47 Å². The number of hydrogen-bond acceptors (Lipinski definition) is 6. The van der Waals surface area contributed by atoms with Gasteiger partial charge in [0.2, 0.25) is 0 Å². The van der Waals surface area contributed by atoms with Crippen molar-refractivity contribution in [2.75, 3.05) is 6.61 Å². The van der Waals surface area contributed by atoms with Gasteiger partial charge in [-0.1, -0.05) is 44.9 Å². The molecule has 2 aliphatic heterocycles. The Kier molecular flexibility index (Phi) is 4.04. The van der Waals surface area contributed by atoms with Crippen molar-refractivity contribution in [3.63, 3.8) is 0 Å². The van der Waals surface area contributed by atoms with Gasteiger partial charge in [0.05, 0.1) is 12.7 Å². The Balaban J connectivity index is 1.55. The van der Waals surface area contributed by atoms with Crippen molar-refractivity contribution in [3.05, 3.63) is 22.8 Å². The highest BCUT2D eigenvalue weighted by atomic mass is 16.7. The van der Waals surface area contributed by atoms with Crippen LogP contribution < -0.4 is 0 Å². The molecule has 10 atom stereocenters. The molecule has 0 aromatic carbocycles. The van der Waals surface area contributed by atoms with Crippen LogP contribution in [0.4, 0.5) is 0 Å². The first-order valence-corrected chi connectivity index (χ1v) is 12.0. The topological polar surface area (TPSA) is 99.4 Å². The highest BCUT2D eigenvalue weighted by Crippen LogP contribution is 2.68. The summed E-state index contributed by atoms with van der Waals surface area (Å²) < 4.78 is 12.2. The standard InChI is InChI=1S/C25H36O6/c1-12(2)13-7-8-22(3)9-10-23(4)15(16(13)22)6-5-14-17-19(23)31-21-25(17,29)20(27)24(28,11-30-21)18(14)26/h5,12,15,17-21,26-29H,6-11H2,1-4H3/t15-,17-,18-,19+,20+,21+,22-,23-,24+,25-/m1/s1. The van der Waals surface area contributed by atoms with E-state index in [2.05, 4.69) is 27.7 Å². The van der Waals surface area contributed by atoms with Crippen molar-refractivity contribution in [1.29, 1.82) is 0 Å². The summed E-state index contributed by atoms with van der Waals surface area (Å²) in [7, 11) is 0. The molecule has 4 fully saturated rings. The van der Waals surface area contributed by atoms with E-state index >= 15 is 0 Å². The van der Waals surface area contributed by atoms with E-state index in [9.17, 15) is 20.4 Å². The predicted molar refractivity (Wildman–Crippen MR) is 113 cm³/mol. The molecule has 2 heterocycles. The molecule has 0 amide bonds. The molecule has 172 valence electrons. The molecule has 0 spiro atoms. The highest BCUT2D eigenvalue weighted by Gasteiger charge is 2.77. The second-order valence-corrected chi connectivity index (χ2v) is 12.0. The number of rotatable bonds is 1. The number of ether oxygens (including phenoxy) is 2. The van der Waals surface area contributed by atoms with E-state index in [1.54, 1.807) is 11.1 Å². The second-order valence-electron chi connectivity index (χ2n) is 12.0. The van der Waals surface area contributed by atoms with E-state index in [4.69, 9.17) is 9.47 Å². The Bertz CT molecular complexity index is 894. The molecule has 2 bridgehead atoms. The lowest BCUT2D eigenvalue weighted by Gasteiger charge is -2.56. The van der Waals surface area contributed by atoms with Gasteiger partial charge < -0.3 is 29.9 Å². The zero-order valence-electron chi connectivity index (χ0n) is 19.0. The fourth-order valence-electron chi connectivity index (χ4n) is 8.38. The average molecular weight is 433 g/mol. The van der Waals surface area contributed by atoms with Crippen LogP contribution in [0, 0.1) is 28.6 Å². The van der Waals surface area contributed by atoms with Crippen LogP contribution in [0.15, 0.2) is 22.8 Å². The number of aliphatic hydroxyl groups excluding tert-OH is 2. The summed E-state index contributed by atoms with van der Waals surface area (Å²) in [6, 6.07) is 0. The third kappa shape index (κ3) is 2.20. The molecular formula is C25H36O6. The summed E-state index contributed by atoms with van der Waals surface area (Å²) in [6.07, 6.45) is 2.97. The Labute approximate surface area is 183 Å². The maximum absolute atomic E-state index is 11.7. The summed E-state index contributed by atoms with van der Waals surface area (Å²) in [5.74, 6) is 0.146. The summed E-state index contributed by atoms with van der Waals surface area (Å²) in [4.78, 5) is 0. The maximum Gasteiger partial charge on any atom is 0.190 e. The third-order valence-electron chi connectivity index (χ3n) is 10.2. The average Bonchev–Trinajstić information content (AvgIpc) is 3.20. The van der Waals surface area contributed by atoms with Gasteiger partial charge in [-0.2, -0.15) is 0 Å². The summed E-state index contributed by atoms with van der Waals surface area (Å²) >= 11 is 0. The van der Waals surface area contributed by atoms with Gasteiger partial charge in [-0.15, -0.1) is 0 Å². The molecule has 6 heteroatoms. The predicted octanol–water partition coefficient (Wildman–Crippen LogP) is 2.05. The van der Waals surface area contributed by atoms with Crippen LogP contribution in [0.1, 0.15) is 59.8 Å². The SMILES string of the molecule is CC(C)C1=C2[C@H]3CC=C4[C@@H](O)[C@@]5(O)CO[C@H]6O[C@@H]([C@@H]4[C@@]6(O)[C@H]5O)[C@]3(C)CC[C@@]2(C)CC1. The van der Waals surface area contributed by atoms with Gasteiger partial charge in [0.25, 0.3) is 0 Å². The lowest BCUT2D eigenvalue weighted by molar-refractivity contribution is -0.341. The number of fused-ring (bicyclic) bond motifs is 5. The Morgan fingerprint density at radius 2 is 1.84 bits per heavy atom. The second kappa shape index (κ2) is 6.02. The van der Waals surface area contributed by atoms with Gasteiger partial charge in [0.1, 0.15) is 17.8 Å². The first-order chi connectivity index (χ1) is 14.5. The molecule has 6 rings (SSSR count). The molecule has 2 saturated carbocycles. The lowest BCUT2D eigenvalue weighted by atomic mass is 9.51. The number of hydrogen-bond donors (Lipinski definition) is 4. The monoisotopic (exact) mass is 432 g/mol. The highest BCUT2D eigenvalue weighted by molar-refractivity contribution is 5.42. The Hall–Kier alpha value is -0.760. The third-order valence-corrected chi connectivity index (χ3v) is 10.2. The molecule has 4 N–H and O–H groups in total. The van der Waals surface area contributed by atoms with Gasteiger partial charge in [-0.25, -0.2) is 0 Å². The van der Waals surface area contributed by atoms with Gasteiger partial charge in [-0.3, -0.25) is 0 Å². The Morgan fingerprint density at radius 3 is 2.55 bits per heavy atom. The molecule has 0 unspecified atom stereocenters. The van der Waals surface area contributed by atoms with Crippen molar-refractivity contribution >= 4 is 0 Å². The maximum atomic E-state index is 11.7. The molecule has 6 aliphatic rings.